The number of halogens is 2. The topological polar surface area (TPSA) is 38.3 Å². The van der Waals surface area contributed by atoms with Gasteiger partial charge in [-0.3, -0.25) is 0 Å². The average Bonchev–Trinajstić information content (AvgIpc) is 2.35. The van der Waals surface area contributed by atoms with Crippen LogP contribution >= 0.6 is 0 Å². The number of ether oxygens (including phenoxy) is 1. The summed E-state index contributed by atoms with van der Waals surface area (Å²) in [6.07, 6.45) is 1.22. The van der Waals surface area contributed by atoms with E-state index in [-0.39, 0.29) is 17.9 Å². The predicted octanol–water partition coefficient (Wildman–Crippen LogP) is 3.42. The van der Waals surface area contributed by atoms with E-state index >= 15 is 0 Å². The van der Waals surface area contributed by atoms with Gasteiger partial charge in [-0.05, 0) is 31.9 Å². The first-order valence-electron chi connectivity index (χ1n) is 6.38. The summed E-state index contributed by atoms with van der Waals surface area (Å²) in [6.45, 7) is 5.34. The van der Waals surface area contributed by atoms with Crippen molar-refractivity contribution in [2.24, 2.45) is 0 Å². The Labute approximate surface area is 112 Å². The van der Waals surface area contributed by atoms with E-state index in [2.05, 4.69) is 5.32 Å². The van der Waals surface area contributed by atoms with Crippen molar-refractivity contribution in [1.29, 1.82) is 0 Å². The molecule has 0 aromatic heterocycles. The highest BCUT2D eigenvalue weighted by molar-refractivity contribution is 5.79. The van der Waals surface area contributed by atoms with E-state index in [1.807, 2.05) is 6.92 Å². The average molecular weight is 271 g/mol. The molecule has 0 spiro atoms. The van der Waals surface area contributed by atoms with Gasteiger partial charge in [0.25, 0.3) is 0 Å². The zero-order valence-corrected chi connectivity index (χ0v) is 11.4. The number of aryl methyl sites for hydroxylation is 1. The Morgan fingerprint density at radius 3 is 2.58 bits per heavy atom. The molecule has 106 valence electrons. The quantitative estimate of drug-likeness (QED) is 0.806. The van der Waals surface area contributed by atoms with Crippen LogP contribution in [0.3, 0.4) is 0 Å². The van der Waals surface area contributed by atoms with E-state index in [1.165, 1.54) is 6.92 Å². The Hall–Kier alpha value is -1.65. The van der Waals surface area contributed by atoms with Gasteiger partial charge in [0.2, 0.25) is 0 Å². The fourth-order valence-electron chi connectivity index (χ4n) is 1.73. The summed E-state index contributed by atoms with van der Waals surface area (Å²) in [6, 6.07) is 1.50. The lowest BCUT2D eigenvalue weighted by atomic mass is 10.1. The highest BCUT2D eigenvalue weighted by atomic mass is 19.1. The molecule has 0 radical (unpaired) electrons. The van der Waals surface area contributed by atoms with Crippen LogP contribution in [0.15, 0.2) is 12.1 Å². The van der Waals surface area contributed by atoms with Gasteiger partial charge < -0.3 is 10.1 Å². The lowest BCUT2D eigenvalue weighted by Crippen LogP contribution is -2.31. The molecular formula is C14H19F2NO2. The molecule has 0 heterocycles. The summed E-state index contributed by atoms with van der Waals surface area (Å²) in [5.74, 6) is -1.54. The molecule has 3 nitrogen and oxygen atoms in total. The summed E-state index contributed by atoms with van der Waals surface area (Å²) >= 11 is 0. The van der Waals surface area contributed by atoms with Crippen LogP contribution in [0.1, 0.15) is 32.3 Å². The predicted molar refractivity (Wildman–Crippen MR) is 70.0 cm³/mol. The number of esters is 1. The third kappa shape index (κ3) is 4.19. The van der Waals surface area contributed by atoms with Crippen molar-refractivity contribution in [2.75, 3.05) is 11.9 Å². The van der Waals surface area contributed by atoms with Gasteiger partial charge in [0.1, 0.15) is 17.7 Å². The molecule has 0 aliphatic carbocycles. The van der Waals surface area contributed by atoms with Crippen molar-refractivity contribution in [3.8, 4) is 0 Å². The number of carbonyl (C=O) groups is 1. The standard InChI is InChI=1S/C14H19F2NO2/c1-4-6-12(14(18)19-5-2)17-13-8-10(15)9(3)7-11(13)16/h7-8,12,17H,4-6H2,1-3H3. The molecule has 0 amide bonds. The lowest BCUT2D eigenvalue weighted by molar-refractivity contribution is -0.144. The second-order valence-electron chi connectivity index (χ2n) is 4.32. The zero-order chi connectivity index (χ0) is 14.4. The molecular weight excluding hydrogens is 252 g/mol. The third-order valence-electron chi connectivity index (χ3n) is 2.73. The molecule has 0 aliphatic rings. The highest BCUT2D eigenvalue weighted by Crippen LogP contribution is 2.20. The van der Waals surface area contributed by atoms with Crippen LogP contribution < -0.4 is 5.32 Å². The first-order chi connectivity index (χ1) is 8.99. The molecule has 0 bridgehead atoms. The second-order valence-corrected chi connectivity index (χ2v) is 4.32. The van der Waals surface area contributed by atoms with Crippen LogP contribution in [0.2, 0.25) is 0 Å². The maximum atomic E-state index is 13.7. The monoisotopic (exact) mass is 271 g/mol. The molecule has 0 fully saturated rings. The molecule has 0 aliphatic heterocycles. The van der Waals surface area contributed by atoms with Crippen LogP contribution in [0.4, 0.5) is 14.5 Å². The van der Waals surface area contributed by atoms with E-state index in [4.69, 9.17) is 4.74 Å². The van der Waals surface area contributed by atoms with Crippen molar-refractivity contribution in [3.05, 3.63) is 29.3 Å². The molecule has 1 aromatic carbocycles. The Bertz CT molecular complexity index is 449. The Morgan fingerprint density at radius 2 is 2.00 bits per heavy atom. The van der Waals surface area contributed by atoms with Crippen LogP contribution in [0, 0.1) is 18.6 Å². The van der Waals surface area contributed by atoms with Crippen LogP contribution in [0.5, 0.6) is 0 Å². The maximum Gasteiger partial charge on any atom is 0.328 e. The largest absolute Gasteiger partial charge is 0.464 e. The fraction of sp³-hybridized carbons (Fsp3) is 0.500. The first-order valence-corrected chi connectivity index (χ1v) is 6.38. The number of benzene rings is 1. The van der Waals surface area contributed by atoms with Crippen molar-refractivity contribution in [3.63, 3.8) is 0 Å². The molecule has 1 rings (SSSR count). The van der Waals surface area contributed by atoms with E-state index in [0.29, 0.717) is 6.42 Å². The maximum absolute atomic E-state index is 13.7. The number of rotatable bonds is 6. The smallest absolute Gasteiger partial charge is 0.328 e. The number of hydrogen-bond acceptors (Lipinski definition) is 3. The Morgan fingerprint density at radius 1 is 1.32 bits per heavy atom. The van der Waals surface area contributed by atoms with Crippen LogP contribution in [-0.2, 0) is 9.53 Å². The minimum atomic E-state index is -0.665. The lowest BCUT2D eigenvalue weighted by Gasteiger charge is -2.18. The number of carbonyl (C=O) groups excluding carboxylic acids is 1. The highest BCUT2D eigenvalue weighted by Gasteiger charge is 2.20. The van der Waals surface area contributed by atoms with Gasteiger partial charge >= 0.3 is 5.97 Å². The van der Waals surface area contributed by atoms with Crippen molar-refractivity contribution in [1.82, 2.24) is 0 Å². The summed E-state index contributed by atoms with van der Waals surface area (Å²) in [7, 11) is 0. The molecule has 0 saturated heterocycles. The van der Waals surface area contributed by atoms with Crippen molar-refractivity contribution in [2.45, 2.75) is 39.7 Å². The number of anilines is 1. The summed E-state index contributed by atoms with van der Waals surface area (Å²) in [5, 5.41) is 2.71. The fourth-order valence-corrected chi connectivity index (χ4v) is 1.73. The summed E-state index contributed by atoms with van der Waals surface area (Å²) in [4.78, 5) is 11.7. The van der Waals surface area contributed by atoms with Crippen molar-refractivity contribution >= 4 is 11.7 Å². The van der Waals surface area contributed by atoms with Gasteiger partial charge in [0, 0.05) is 6.07 Å². The van der Waals surface area contributed by atoms with Gasteiger partial charge in [-0.1, -0.05) is 13.3 Å². The minimum absolute atomic E-state index is 0.0189. The molecule has 0 saturated carbocycles. The second kappa shape index (κ2) is 7.07. The Kier molecular flexibility index (Phi) is 5.73. The van der Waals surface area contributed by atoms with E-state index in [0.717, 1.165) is 18.6 Å². The van der Waals surface area contributed by atoms with E-state index in [1.54, 1.807) is 6.92 Å². The van der Waals surface area contributed by atoms with E-state index in [9.17, 15) is 13.6 Å². The van der Waals surface area contributed by atoms with Gasteiger partial charge in [-0.15, -0.1) is 0 Å². The van der Waals surface area contributed by atoms with Gasteiger partial charge in [0.15, 0.2) is 0 Å². The molecule has 1 unspecified atom stereocenters. The molecule has 1 N–H and O–H groups in total. The number of hydrogen-bond donors (Lipinski definition) is 1. The van der Waals surface area contributed by atoms with Crippen LogP contribution in [0.25, 0.3) is 0 Å². The first kappa shape index (κ1) is 15.4. The molecule has 19 heavy (non-hydrogen) atoms. The minimum Gasteiger partial charge on any atom is -0.464 e. The third-order valence-corrected chi connectivity index (χ3v) is 2.73. The Balaban J connectivity index is 2.90. The zero-order valence-electron chi connectivity index (χ0n) is 11.4. The summed E-state index contributed by atoms with van der Waals surface area (Å²) in [5.41, 5.74) is 0.209. The van der Waals surface area contributed by atoms with E-state index < -0.39 is 23.6 Å². The molecule has 1 aromatic rings. The normalized spacial score (nSPS) is 12.1. The SMILES string of the molecule is CCCC(Nc1cc(F)c(C)cc1F)C(=O)OCC. The molecule has 1 atom stereocenters. The van der Waals surface area contributed by atoms with Crippen LogP contribution in [-0.4, -0.2) is 18.6 Å². The van der Waals surface area contributed by atoms with Gasteiger partial charge in [-0.2, -0.15) is 0 Å². The molecule has 5 heteroatoms. The van der Waals surface area contributed by atoms with Gasteiger partial charge in [-0.25, -0.2) is 13.6 Å². The number of nitrogens with one attached hydrogen (secondary N) is 1. The van der Waals surface area contributed by atoms with Gasteiger partial charge in [0.05, 0.1) is 12.3 Å². The summed E-state index contributed by atoms with van der Waals surface area (Å²) < 4.78 is 32.0. The van der Waals surface area contributed by atoms with Crippen molar-refractivity contribution < 1.29 is 18.3 Å².